The smallest absolute Gasteiger partial charge is 0.416 e. The quantitative estimate of drug-likeness (QED) is 0.562. The number of ether oxygens (including phenoxy) is 1. The molecule has 0 radical (unpaired) electrons. The lowest BCUT2D eigenvalue weighted by Gasteiger charge is -2.20. The third-order valence-electron chi connectivity index (χ3n) is 4.66. The molecule has 0 amide bonds. The van der Waals surface area contributed by atoms with Gasteiger partial charge in [-0.05, 0) is 36.6 Å². The van der Waals surface area contributed by atoms with Gasteiger partial charge in [-0.2, -0.15) is 31.4 Å². The fourth-order valence-electron chi connectivity index (χ4n) is 3.33. The molecule has 1 aliphatic heterocycles. The van der Waals surface area contributed by atoms with Crippen LogP contribution in [0.25, 0.3) is 0 Å². The van der Waals surface area contributed by atoms with Crippen LogP contribution in [0.1, 0.15) is 41.4 Å². The lowest BCUT2D eigenvalue weighted by molar-refractivity contribution is -0.145. The molecular formula is C17H15F6N3O3. The van der Waals surface area contributed by atoms with E-state index in [1.54, 1.807) is 0 Å². The van der Waals surface area contributed by atoms with E-state index in [0.717, 1.165) is 11.7 Å². The summed E-state index contributed by atoms with van der Waals surface area (Å²) in [5, 5.41) is 3.94. The van der Waals surface area contributed by atoms with Crippen molar-refractivity contribution in [2.24, 2.45) is 0 Å². The van der Waals surface area contributed by atoms with E-state index in [4.69, 9.17) is 0 Å². The molecule has 3 rings (SSSR count). The number of carbonyl (C=O) groups is 1. The molecule has 29 heavy (non-hydrogen) atoms. The van der Waals surface area contributed by atoms with Crippen molar-refractivity contribution in [3.8, 4) is 0 Å². The molecule has 0 spiro atoms. The van der Waals surface area contributed by atoms with Crippen LogP contribution in [0.3, 0.4) is 0 Å². The summed E-state index contributed by atoms with van der Waals surface area (Å²) in [7, 11) is 1.13. The van der Waals surface area contributed by atoms with Crippen molar-refractivity contribution in [2.75, 3.05) is 7.11 Å². The number of alkyl halides is 6. The van der Waals surface area contributed by atoms with Crippen molar-refractivity contribution in [1.29, 1.82) is 0 Å². The standard InChI is InChI=1S/C17H15F6N3O3/c1-29-14(27)12-3-2-4-13-24-25(15(28)26(12)13)8-9-7-10(16(18,19)20)5-6-11(9)17(21,22)23/h5-7,12H,2-4,8H2,1H3/t12-/m1/s1. The van der Waals surface area contributed by atoms with Crippen LogP contribution < -0.4 is 5.69 Å². The first-order valence-electron chi connectivity index (χ1n) is 8.47. The van der Waals surface area contributed by atoms with Crippen LogP contribution in [-0.2, 0) is 34.8 Å². The Morgan fingerprint density at radius 2 is 1.90 bits per heavy atom. The Morgan fingerprint density at radius 3 is 2.48 bits per heavy atom. The minimum atomic E-state index is -4.92. The zero-order chi connectivity index (χ0) is 21.6. The monoisotopic (exact) mass is 423 g/mol. The summed E-state index contributed by atoms with van der Waals surface area (Å²) >= 11 is 0. The number of aromatic nitrogens is 3. The molecule has 158 valence electrons. The van der Waals surface area contributed by atoms with E-state index < -0.39 is 53.3 Å². The van der Waals surface area contributed by atoms with Gasteiger partial charge in [0.1, 0.15) is 11.9 Å². The zero-order valence-electron chi connectivity index (χ0n) is 15.0. The lowest BCUT2D eigenvalue weighted by atomic mass is 10.0. The van der Waals surface area contributed by atoms with Crippen molar-refractivity contribution >= 4 is 5.97 Å². The van der Waals surface area contributed by atoms with Crippen LogP contribution in [0.5, 0.6) is 0 Å². The second-order valence-electron chi connectivity index (χ2n) is 6.53. The molecule has 6 nitrogen and oxygen atoms in total. The van der Waals surface area contributed by atoms with E-state index in [1.165, 1.54) is 0 Å². The van der Waals surface area contributed by atoms with Crippen LogP contribution >= 0.6 is 0 Å². The number of benzene rings is 1. The topological polar surface area (TPSA) is 66.1 Å². The number of methoxy groups -OCH3 is 1. The van der Waals surface area contributed by atoms with E-state index in [1.807, 2.05) is 0 Å². The number of rotatable bonds is 3. The Labute approximate surface area is 159 Å². The summed E-state index contributed by atoms with van der Waals surface area (Å²) in [4.78, 5) is 24.5. The molecule has 0 bridgehead atoms. The summed E-state index contributed by atoms with van der Waals surface area (Å²) < 4.78 is 85.0. The van der Waals surface area contributed by atoms with Gasteiger partial charge in [0.15, 0.2) is 0 Å². The zero-order valence-corrected chi connectivity index (χ0v) is 15.0. The highest BCUT2D eigenvalue weighted by molar-refractivity contribution is 5.74. The molecule has 12 heteroatoms. The molecule has 1 aliphatic rings. The summed E-state index contributed by atoms with van der Waals surface area (Å²) in [6.45, 7) is -0.828. The lowest BCUT2D eigenvalue weighted by Crippen LogP contribution is -2.35. The van der Waals surface area contributed by atoms with Crippen LogP contribution in [0.2, 0.25) is 0 Å². The summed E-state index contributed by atoms with van der Waals surface area (Å²) in [6, 6.07) is 0.0381. The predicted octanol–water partition coefficient (Wildman–Crippen LogP) is 3.18. The average molecular weight is 423 g/mol. The number of hydrogen-bond acceptors (Lipinski definition) is 4. The maximum atomic E-state index is 13.3. The number of halogens is 6. The van der Waals surface area contributed by atoms with Gasteiger partial charge in [-0.25, -0.2) is 14.3 Å². The minimum absolute atomic E-state index is 0.164. The highest BCUT2D eigenvalue weighted by atomic mass is 19.4. The van der Waals surface area contributed by atoms with Gasteiger partial charge in [0.2, 0.25) is 0 Å². The summed E-state index contributed by atoms with van der Waals surface area (Å²) in [6.07, 6.45) is -8.70. The number of aryl methyl sites for hydroxylation is 1. The SMILES string of the molecule is COC(=O)[C@H]1CCCc2nn(Cc3cc(C(F)(F)F)ccc3C(F)(F)F)c(=O)n21. The van der Waals surface area contributed by atoms with Gasteiger partial charge in [-0.3, -0.25) is 4.57 Å². The normalized spacial score (nSPS) is 17.1. The molecule has 2 heterocycles. The largest absolute Gasteiger partial charge is 0.467 e. The first kappa shape index (κ1) is 20.9. The number of nitrogens with zero attached hydrogens (tertiary/aromatic N) is 3. The molecule has 0 fully saturated rings. The number of carbonyl (C=O) groups excluding carboxylic acids is 1. The summed E-state index contributed by atoms with van der Waals surface area (Å²) in [5.74, 6) is -0.542. The molecule has 2 aromatic rings. The molecule has 0 unspecified atom stereocenters. The predicted molar refractivity (Wildman–Crippen MR) is 86.0 cm³/mol. The maximum Gasteiger partial charge on any atom is 0.416 e. The van der Waals surface area contributed by atoms with E-state index in [-0.39, 0.29) is 12.2 Å². The third kappa shape index (κ3) is 4.01. The van der Waals surface area contributed by atoms with Gasteiger partial charge in [-0.15, -0.1) is 0 Å². The van der Waals surface area contributed by atoms with E-state index >= 15 is 0 Å². The van der Waals surface area contributed by atoms with Crippen molar-refractivity contribution in [2.45, 2.75) is 44.2 Å². The summed E-state index contributed by atoms with van der Waals surface area (Å²) in [5.41, 5.74) is -4.21. The van der Waals surface area contributed by atoms with Crippen LogP contribution in [0.4, 0.5) is 26.3 Å². The Balaban J connectivity index is 2.08. The second-order valence-corrected chi connectivity index (χ2v) is 6.53. The van der Waals surface area contributed by atoms with Gasteiger partial charge in [-0.1, -0.05) is 0 Å². The fourth-order valence-corrected chi connectivity index (χ4v) is 3.33. The van der Waals surface area contributed by atoms with Gasteiger partial charge in [0.05, 0.1) is 24.8 Å². The molecule has 1 atom stereocenters. The molecule has 0 aliphatic carbocycles. The van der Waals surface area contributed by atoms with Crippen molar-refractivity contribution < 1.29 is 35.9 Å². The van der Waals surface area contributed by atoms with Gasteiger partial charge in [0, 0.05) is 6.42 Å². The van der Waals surface area contributed by atoms with Crippen LogP contribution in [-0.4, -0.2) is 27.4 Å². The van der Waals surface area contributed by atoms with Crippen molar-refractivity contribution in [3.05, 3.63) is 51.2 Å². The maximum absolute atomic E-state index is 13.3. The highest BCUT2D eigenvalue weighted by Gasteiger charge is 2.38. The number of hydrogen-bond donors (Lipinski definition) is 0. The van der Waals surface area contributed by atoms with Crippen molar-refractivity contribution in [3.63, 3.8) is 0 Å². The first-order chi connectivity index (χ1) is 13.4. The van der Waals surface area contributed by atoms with Crippen LogP contribution in [0.15, 0.2) is 23.0 Å². The third-order valence-corrected chi connectivity index (χ3v) is 4.66. The average Bonchev–Trinajstić information content (AvgIpc) is 2.95. The van der Waals surface area contributed by atoms with Gasteiger partial charge >= 0.3 is 24.0 Å². The highest BCUT2D eigenvalue weighted by Crippen LogP contribution is 2.36. The Bertz CT molecular complexity index is 990. The van der Waals surface area contributed by atoms with Crippen molar-refractivity contribution in [1.82, 2.24) is 14.3 Å². The van der Waals surface area contributed by atoms with E-state index in [9.17, 15) is 35.9 Å². The molecule has 0 N–H and O–H groups in total. The van der Waals surface area contributed by atoms with Gasteiger partial charge in [0.25, 0.3) is 0 Å². The van der Waals surface area contributed by atoms with E-state index in [2.05, 4.69) is 9.84 Å². The molecule has 0 saturated carbocycles. The number of esters is 1. The van der Waals surface area contributed by atoms with E-state index in [0.29, 0.717) is 35.7 Å². The van der Waals surface area contributed by atoms with Gasteiger partial charge < -0.3 is 4.74 Å². The second kappa shape index (κ2) is 7.23. The first-order valence-corrected chi connectivity index (χ1v) is 8.47. The molecule has 1 aromatic heterocycles. The Morgan fingerprint density at radius 1 is 1.21 bits per heavy atom. The fraction of sp³-hybridized carbons (Fsp3) is 0.471. The minimum Gasteiger partial charge on any atom is -0.467 e. The molecular weight excluding hydrogens is 408 g/mol. The molecule has 1 aromatic carbocycles. The Hall–Kier alpha value is -2.79. The molecule has 0 saturated heterocycles. The Kier molecular flexibility index (Phi) is 5.22. The van der Waals surface area contributed by atoms with Crippen LogP contribution in [0, 0.1) is 0 Å². The number of fused-ring (bicyclic) bond motifs is 1.